The Morgan fingerprint density at radius 2 is 1.89 bits per heavy atom. The van der Waals surface area contributed by atoms with Gasteiger partial charge in [0.25, 0.3) is 0 Å². The molecule has 1 aromatic heterocycles. The maximum atomic E-state index is 13.1. The van der Waals surface area contributed by atoms with E-state index in [1.165, 1.54) is 6.07 Å². The zero-order chi connectivity index (χ0) is 14.0. The lowest BCUT2D eigenvalue weighted by atomic mass is 10.1. The maximum absolute atomic E-state index is 13.1. The van der Waals surface area contributed by atoms with Crippen LogP contribution in [-0.2, 0) is 5.88 Å². The van der Waals surface area contributed by atoms with E-state index in [0.29, 0.717) is 17.2 Å². The van der Waals surface area contributed by atoms with E-state index in [-0.39, 0.29) is 5.88 Å². The molecule has 0 saturated heterocycles. The van der Waals surface area contributed by atoms with Gasteiger partial charge in [-0.25, -0.2) is 9.37 Å². The SMILES string of the molecule is Cc1cc(Oc2ncc(F)cc2CCl)cc(C)c1Br. The van der Waals surface area contributed by atoms with Crippen LogP contribution in [0.25, 0.3) is 0 Å². The Morgan fingerprint density at radius 3 is 2.47 bits per heavy atom. The molecule has 19 heavy (non-hydrogen) atoms. The lowest BCUT2D eigenvalue weighted by molar-refractivity contribution is 0.453. The standard InChI is InChI=1S/C14H12BrClFNO/c1-8-3-12(4-9(2)13(8)15)19-14-10(6-16)5-11(17)7-18-14/h3-5,7H,6H2,1-2H3. The van der Waals surface area contributed by atoms with Crippen LogP contribution < -0.4 is 4.74 Å². The van der Waals surface area contributed by atoms with Gasteiger partial charge >= 0.3 is 0 Å². The van der Waals surface area contributed by atoms with Gasteiger partial charge in [0, 0.05) is 10.0 Å². The molecule has 5 heteroatoms. The molecule has 0 amide bonds. The highest BCUT2D eigenvalue weighted by Gasteiger charge is 2.09. The average molecular weight is 345 g/mol. The summed E-state index contributed by atoms with van der Waals surface area (Å²) in [4.78, 5) is 3.93. The summed E-state index contributed by atoms with van der Waals surface area (Å²) in [6.07, 6.45) is 1.12. The molecule has 1 aromatic carbocycles. The van der Waals surface area contributed by atoms with Crippen molar-refractivity contribution in [1.29, 1.82) is 0 Å². The first-order chi connectivity index (χ1) is 9.01. The number of ether oxygens (including phenoxy) is 1. The normalized spacial score (nSPS) is 10.6. The van der Waals surface area contributed by atoms with Crippen molar-refractivity contribution in [1.82, 2.24) is 4.98 Å². The first-order valence-corrected chi connectivity index (χ1v) is 6.99. The molecule has 0 aliphatic carbocycles. The van der Waals surface area contributed by atoms with Crippen LogP contribution in [0.1, 0.15) is 16.7 Å². The number of nitrogens with zero attached hydrogens (tertiary/aromatic N) is 1. The predicted molar refractivity (Wildman–Crippen MR) is 77.4 cm³/mol. The maximum Gasteiger partial charge on any atom is 0.223 e. The molecule has 2 rings (SSSR count). The Bertz CT molecular complexity index is 595. The van der Waals surface area contributed by atoms with E-state index < -0.39 is 5.82 Å². The molecular weight excluding hydrogens is 333 g/mol. The van der Waals surface area contributed by atoms with Crippen LogP contribution in [0.15, 0.2) is 28.9 Å². The first-order valence-electron chi connectivity index (χ1n) is 5.66. The summed E-state index contributed by atoms with van der Waals surface area (Å²) in [6, 6.07) is 5.11. The summed E-state index contributed by atoms with van der Waals surface area (Å²) in [6.45, 7) is 3.95. The fourth-order valence-electron chi connectivity index (χ4n) is 1.73. The van der Waals surface area contributed by atoms with Gasteiger partial charge in [0.2, 0.25) is 5.88 Å². The number of alkyl halides is 1. The number of aryl methyl sites for hydroxylation is 2. The summed E-state index contributed by atoms with van der Waals surface area (Å²) < 4.78 is 19.8. The Balaban J connectivity index is 2.36. The van der Waals surface area contributed by atoms with Crippen molar-refractivity contribution in [3.05, 3.63) is 51.4 Å². The smallest absolute Gasteiger partial charge is 0.223 e. The van der Waals surface area contributed by atoms with Crippen LogP contribution in [0, 0.1) is 19.7 Å². The highest BCUT2D eigenvalue weighted by molar-refractivity contribution is 9.10. The van der Waals surface area contributed by atoms with Crippen LogP contribution in [0.3, 0.4) is 0 Å². The molecule has 0 spiro atoms. The number of pyridine rings is 1. The van der Waals surface area contributed by atoms with Gasteiger partial charge in [-0.3, -0.25) is 0 Å². The second kappa shape index (κ2) is 5.88. The summed E-state index contributed by atoms with van der Waals surface area (Å²) in [5, 5.41) is 0. The van der Waals surface area contributed by atoms with Gasteiger partial charge in [-0.1, -0.05) is 15.9 Å². The number of aromatic nitrogens is 1. The van der Waals surface area contributed by atoms with E-state index in [9.17, 15) is 4.39 Å². The molecule has 0 radical (unpaired) electrons. The summed E-state index contributed by atoms with van der Waals surface area (Å²) in [5.41, 5.74) is 2.65. The lowest BCUT2D eigenvalue weighted by Gasteiger charge is -2.11. The van der Waals surface area contributed by atoms with Crippen molar-refractivity contribution in [2.75, 3.05) is 0 Å². The molecule has 1 heterocycles. The lowest BCUT2D eigenvalue weighted by Crippen LogP contribution is -1.95. The monoisotopic (exact) mass is 343 g/mol. The van der Waals surface area contributed by atoms with Gasteiger partial charge in [-0.2, -0.15) is 0 Å². The molecule has 0 atom stereocenters. The summed E-state index contributed by atoms with van der Waals surface area (Å²) >= 11 is 9.26. The van der Waals surface area contributed by atoms with Crippen molar-refractivity contribution < 1.29 is 9.13 Å². The minimum atomic E-state index is -0.425. The minimum absolute atomic E-state index is 0.147. The number of rotatable bonds is 3. The highest BCUT2D eigenvalue weighted by atomic mass is 79.9. The molecule has 2 aromatic rings. The minimum Gasteiger partial charge on any atom is -0.439 e. The Morgan fingerprint density at radius 1 is 1.26 bits per heavy atom. The van der Waals surface area contributed by atoms with Crippen molar-refractivity contribution in [3.8, 4) is 11.6 Å². The largest absolute Gasteiger partial charge is 0.439 e. The molecule has 0 unspecified atom stereocenters. The molecule has 0 saturated carbocycles. The molecule has 0 aliphatic rings. The van der Waals surface area contributed by atoms with E-state index in [1.54, 1.807) is 0 Å². The first kappa shape index (κ1) is 14.3. The Hall–Kier alpha value is -1.13. The summed E-state index contributed by atoms with van der Waals surface area (Å²) in [7, 11) is 0. The third-order valence-electron chi connectivity index (χ3n) is 2.66. The molecule has 0 fully saturated rings. The summed E-state index contributed by atoms with van der Waals surface area (Å²) in [5.74, 6) is 0.710. The number of hydrogen-bond acceptors (Lipinski definition) is 2. The van der Waals surface area contributed by atoms with Crippen LogP contribution in [-0.4, -0.2) is 4.98 Å². The number of halogens is 3. The van der Waals surface area contributed by atoms with Crippen LogP contribution in [0.5, 0.6) is 11.6 Å². The molecule has 0 aliphatic heterocycles. The van der Waals surface area contributed by atoms with Gasteiger partial charge in [-0.05, 0) is 43.2 Å². The molecular formula is C14H12BrClFNO. The number of hydrogen-bond donors (Lipinski definition) is 0. The van der Waals surface area contributed by atoms with E-state index in [0.717, 1.165) is 21.8 Å². The second-order valence-corrected chi connectivity index (χ2v) is 5.28. The Kier molecular flexibility index (Phi) is 4.42. The topological polar surface area (TPSA) is 22.1 Å². The molecule has 0 bridgehead atoms. The molecule has 0 N–H and O–H groups in total. The number of benzene rings is 1. The van der Waals surface area contributed by atoms with Crippen LogP contribution in [0.2, 0.25) is 0 Å². The highest BCUT2D eigenvalue weighted by Crippen LogP contribution is 2.30. The quantitative estimate of drug-likeness (QED) is 0.720. The van der Waals surface area contributed by atoms with E-state index in [4.69, 9.17) is 16.3 Å². The fourth-order valence-corrected chi connectivity index (χ4v) is 2.15. The van der Waals surface area contributed by atoms with Crippen molar-refractivity contribution in [2.45, 2.75) is 19.7 Å². The van der Waals surface area contributed by atoms with Gasteiger partial charge in [0.1, 0.15) is 11.6 Å². The van der Waals surface area contributed by atoms with Gasteiger partial charge < -0.3 is 4.74 Å². The van der Waals surface area contributed by atoms with Crippen molar-refractivity contribution in [2.24, 2.45) is 0 Å². The van der Waals surface area contributed by atoms with Crippen LogP contribution in [0.4, 0.5) is 4.39 Å². The molecule has 100 valence electrons. The third-order valence-corrected chi connectivity index (χ3v) is 4.20. The third kappa shape index (κ3) is 3.25. The van der Waals surface area contributed by atoms with Crippen molar-refractivity contribution in [3.63, 3.8) is 0 Å². The van der Waals surface area contributed by atoms with Crippen LogP contribution >= 0.6 is 27.5 Å². The van der Waals surface area contributed by atoms with E-state index >= 15 is 0 Å². The van der Waals surface area contributed by atoms with Crippen molar-refractivity contribution >= 4 is 27.5 Å². The second-order valence-electron chi connectivity index (χ2n) is 4.22. The Labute approximate surface area is 124 Å². The predicted octanol–water partition coefficient (Wildman–Crippen LogP) is 5.13. The molecule has 2 nitrogen and oxygen atoms in total. The van der Waals surface area contributed by atoms with E-state index in [1.807, 2.05) is 26.0 Å². The van der Waals surface area contributed by atoms with Gasteiger partial charge in [0.15, 0.2) is 0 Å². The van der Waals surface area contributed by atoms with Gasteiger partial charge in [0.05, 0.1) is 12.1 Å². The van der Waals surface area contributed by atoms with Gasteiger partial charge in [-0.15, -0.1) is 11.6 Å². The zero-order valence-corrected chi connectivity index (χ0v) is 12.8. The fraction of sp³-hybridized carbons (Fsp3) is 0.214. The van der Waals surface area contributed by atoms with E-state index in [2.05, 4.69) is 20.9 Å². The average Bonchev–Trinajstić information content (AvgIpc) is 2.38. The zero-order valence-electron chi connectivity index (χ0n) is 10.5.